The summed E-state index contributed by atoms with van der Waals surface area (Å²) in [5.41, 5.74) is 1.46. The standard InChI is InChI=1S/C17H24N4O2S/c1-20(2)12-8-21(9-13(12)22)10-16-18-19-17(23-16)15-7-11-5-3-4-6-14(11)24-15/h7,12-13,22H,3-6,8-10H2,1-2H3/t12-,13-/m0/s1. The van der Waals surface area contributed by atoms with Crippen molar-refractivity contribution in [2.75, 3.05) is 27.2 Å². The third-order valence-electron chi connectivity index (χ3n) is 5.03. The number of aliphatic hydroxyl groups is 1. The number of hydrogen-bond donors (Lipinski definition) is 1. The van der Waals surface area contributed by atoms with E-state index in [-0.39, 0.29) is 12.1 Å². The molecule has 0 amide bonds. The Morgan fingerprint density at radius 2 is 2.12 bits per heavy atom. The van der Waals surface area contributed by atoms with Gasteiger partial charge in [-0.3, -0.25) is 4.90 Å². The lowest BCUT2D eigenvalue weighted by Gasteiger charge is -2.21. The summed E-state index contributed by atoms with van der Waals surface area (Å²) in [7, 11) is 4.00. The Morgan fingerprint density at radius 3 is 2.88 bits per heavy atom. The van der Waals surface area contributed by atoms with E-state index in [0.717, 1.165) is 11.4 Å². The molecule has 2 aromatic rings. The number of fused-ring (bicyclic) bond motifs is 1. The zero-order chi connectivity index (χ0) is 16.7. The molecule has 3 heterocycles. The first kappa shape index (κ1) is 16.2. The number of β-amino-alcohol motifs (C(OH)–C–C–N with tert-alkyl or cyclic N) is 1. The van der Waals surface area contributed by atoms with Gasteiger partial charge in [-0.2, -0.15) is 0 Å². The largest absolute Gasteiger partial charge is 0.419 e. The van der Waals surface area contributed by atoms with Gasteiger partial charge >= 0.3 is 0 Å². The quantitative estimate of drug-likeness (QED) is 0.909. The minimum absolute atomic E-state index is 0.163. The van der Waals surface area contributed by atoms with Crippen molar-refractivity contribution in [3.8, 4) is 10.8 Å². The number of aliphatic hydroxyl groups excluding tert-OH is 1. The van der Waals surface area contributed by atoms with E-state index in [4.69, 9.17) is 4.42 Å². The lowest BCUT2D eigenvalue weighted by atomic mass is 9.99. The molecule has 0 aromatic carbocycles. The van der Waals surface area contributed by atoms with Crippen LogP contribution in [-0.2, 0) is 19.4 Å². The van der Waals surface area contributed by atoms with Crippen LogP contribution in [0.2, 0.25) is 0 Å². The van der Waals surface area contributed by atoms with Crippen molar-refractivity contribution >= 4 is 11.3 Å². The lowest BCUT2D eigenvalue weighted by molar-refractivity contribution is 0.112. The highest BCUT2D eigenvalue weighted by Gasteiger charge is 2.33. The molecule has 1 fully saturated rings. The van der Waals surface area contributed by atoms with E-state index in [0.29, 0.717) is 24.9 Å². The van der Waals surface area contributed by atoms with Crippen molar-refractivity contribution in [2.24, 2.45) is 0 Å². The Bertz CT molecular complexity index is 688. The van der Waals surface area contributed by atoms with Crippen LogP contribution in [0.25, 0.3) is 10.8 Å². The normalized spacial score (nSPS) is 24.7. The fourth-order valence-electron chi connectivity index (χ4n) is 3.69. The molecule has 0 radical (unpaired) electrons. The maximum Gasteiger partial charge on any atom is 0.257 e. The van der Waals surface area contributed by atoms with E-state index in [2.05, 4.69) is 26.1 Å². The molecular formula is C17H24N4O2S. The SMILES string of the molecule is CN(C)[C@H]1CN(Cc2nnc(-c3cc4c(s3)CCCC4)o2)C[C@@H]1O. The molecule has 7 heteroatoms. The van der Waals surface area contributed by atoms with Crippen LogP contribution < -0.4 is 0 Å². The van der Waals surface area contributed by atoms with Gasteiger partial charge in [-0.15, -0.1) is 21.5 Å². The van der Waals surface area contributed by atoms with Crippen molar-refractivity contribution in [1.82, 2.24) is 20.0 Å². The van der Waals surface area contributed by atoms with Crippen LogP contribution in [0.4, 0.5) is 0 Å². The molecule has 1 saturated heterocycles. The van der Waals surface area contributed by atoms with E-state index < -0.39 is 0 Å². The maximum absolute atomic E-state index is 10.1. The monoisotopic (exact) mass is 348 g/mol. The van der Waals surface area contributed by atoms with E-state index in [1.165, 1.54) is 36.1 Å². The van der Waals surface area contributed by atoms with E-state index in [1.807, 2.05) is 14.1 Å². The zero-order valence-corrected chi connectivity index (χ0v) is 15.1. The highest BCUT2D eigenvalue weighted by Crippen LogP contribution is 2.35. The first-order valence-corrected chi connectivity index (χ1v) is 9.43. The van der Waals surface area contributed by atoms with Crippen LogP contribution in [0.1, 0.15) is 29.2 Å². The van der Waals surface area contributed by atoms with Gasteiger partial charge in [0, 0.05) is 24.0 Å². The van der Waals surface area contributed by atoms with Gasteiger partial charge in [0.05, 0.1) is 17.5 Å². The number of aryl methyl sites for hydroxylation is 2. The van der Waals surface area contributed by atoms with Crippen molar-refractivity contribution in [3.05, 3.63) is 22.4 Å². The van der Waals surface area contributed by atoms with Gasteiger partial charge < -0.3 is 14.4 Å². The van der Waals surface area contributed by atoms with Crippen LogP contribution in [0.15, 0.2) is 10.5 Å². The molecule has 2 aromatic heterocycles. The van der Waals surface area contributed by atoms with Crippen molar-refractivity contribution in [2.45, 2.75) is 44.4 Å². The molecule has 0 bridgehead atoms. The topological polar surface area (TPSA) is 65.6 Å². The molecular weight excluding hydrogens is 324 g/mol. The molecule has 0 spiro atoms. The highest BCUT2D eigenvalue weighted by atomic mass is 32.1. The molecule has 1 aliphatic heterocycles. The van der Waals surface area contributed by atoms with Crippen LogP contribution >= 0.6 is 11.3 Å². The summed E-state index contributed by atoms with van der Waals surface area (Å²) in [4.78, 5) is 6.81. The second-order valence-electron chi connectivity index (χ2n) is 7.06. The van der Waals surface area contributed by atoms with E-state index in [1.54, 1.807) is 11.3 Å². The molecule has 2 aliphatic rings. The van der Waals surface area contributed by atoms with Crippen LogP contribution in [0.3, 0.4) is 0 Å². The van der Waals surface area contributed by atoms with Gasteiger partial charge in [0.15, 0.2) is 0 Å². The predicted molar refractivity (Wildman–Crippen MR) is 93.0 cm³/mol. The van der Waals surface area contributed by atoms with Gasteiger partial charge in [-0.05, 0) is 51.4 Å². The third kappa shape index (κ3) is 3.13. The van der Waals surface area contributed by atoms with Gasteiger partial charge in [0.2, 0.25) is 5.89 Å². The zero-order valence-electron chi connectivity index (χ0n) is 14.2. The first-order valence-electron chi connectivity index (χ1n) is 8.61. The molecule has 6 nitrogen and oxygen atoms in total. The molecule has 0 saturated carbocycles. The van der Waals surface area contributed by atoms with Gasteiger partial charge in [-0.1, -0.05) is 0 Å². The predicted octanol–water partition coefficient (Wildman–Crippen LogP) is 1.78. The molecule has 2 atom stereocenters. The van der Waals surface area contributed by atoms with Crippen LogP contribution in [0.5, 0.6) is 0 Å². The smallest absolute Gasteiger partial charge is 0.257 e. The molecule has 24 heavy (non-hydrogen) atoms. The average molecular weight is 348 g/mol. The number of likely N-dealkylation sites (N-methyl/N-ethyl adjacent to an activating group) is 1. The summed E-state index contributed by atoms with van der Waals surface area (Å²) in [5, 5.41) is 18.6. The summed E-state index contributed by atoms with van der Waals surface area (Å²) in [5.74, 6) is 1.26. The van der Waals surface area contributed by atoms with Crippen molar-refractivity contribution in [1.29, 1.82) is 0 Å². The minimum atomic E-state index is -0.327. The Balaban J connectivity index is 1.45. The highest BCUT2D eigenvalue weighted by molar-refractivity contribution is 7.15. The van der Waals surface area contributed by atoms with Crippen LogP contribution in [-0.4, -0.2) is 64.4 Å². The Kier molecular flexibility index (Phi) is 4.42. The maximum atomic E-state index is 10.1. The van der Waals surface area contributed by atoms with Crippen molar-refractivity contribution < 1.29 is 9.52 Å². The number of aromatic nitrogens is 2. The minimum Gasteiger partial charge on any atom is -0.419 e. The number of thiophene rings is 1. The third-order valence-corrected chi connectivity index (χ3v) is 6.26. The number of nitrogens with zero attached hydrogens (tertiary/aromatic N) is 4. The molecule has 0 unspecified atom stereocenters. The van der Waals surface area contributed by atoms with Crippen LogP contribution in [0, 0.1) is 0 Å². The summed E-state index contributed by atoms with van der Waals surface area (Å²) < 4.78 is 5.89. The first-order chi connectivity index (χ1) is 11.6. The number of hydrogen-bond acceptors (Lipinski definition) is 7. The van der Waals surface area contributed by atoms with Gasteiger partial charge in [-0.25, -0.2) is 0 Å². The summed E-state index contributed by atoms with van der Waals surface area (Å²) >= 11 is 1.79. The molecule has 130 valence electrons. The average Bonchev–Trinajstić information content (AvgIpc) is 3.25. The summed E-state index contributed by atoms with van der Waals surface area (Å²) in [6.45, 7) is 2.06. The second kappa shape index (κ2) is 6.55. The Morgan fingerprint density at radius 1 is 1.29 bits per heavy atom. The van der Waals surface area contributed by atoms with E-state index in [9.17, 15) is 5.11 Å². The van der Waals surface area contributed by atoms with Gasteiger partial charge in [0.1, 0.15) is 0 Å². The number of rotatable bonds is 4. The molecule has 1 aliphatic carbocycles. The summed E-state index contributed by atoms with van der Waals surface area (Å²) in [6.07, 6.45) is 4.59. The Labute approximate surface area is 146 Å². The second-order valence-corrected chi connectivity index (χ2v) is 8.20. The van der Waals surface area contributed by atoms with Gasteiger partial charge in [0.25, 0.3) is 5.89 Å². The summed E-state index contributed by atoms with van der Waals surface area (Å²) in [6, 6.07) is 2.38. The van der Waals surface area contributed by atoms with E-state index >= 15 is 0 Å². The Hall–Kier alpha value is -1.28. The fraction of sp³-hybridized carbons (Fsp3) is 0.647. The van der Waals surface area contributed by atoms with Crippen molar-refractivity contribution in [3.63, 3.8) is 0 Å². The molecule has 4 rings (SSSR count). The lowest BCUT2D eigenvalue weighted by Crippen LogP contribution is -2.37. The number of likely N-dealkylation sites (tertiary alicyclic amines) is 1. The fourth-order valence-corrected chi connectivity index (χ4v) is 4.86. The molecule has 1 N–H and O–H groups in total.